The molecule has 0 saturated carbocycles. The monoisotopic (exact) mass is 235 g/mol. The fourth-order valence-electron chi connectivity index (χ4n) is 2.32. The van der Waals surface area contributed by atoms with E-state index in [1.54, 1.807) is 10.9 Å². The highest BCUT2D eigenvalue weighted by atomic mass is 19.1. The van der Waals surface area contributed by atoms with Gasteiger partial charge in [-0.05, 0) is 12.8 Å². The molecule has 0 aromatic carbocycles. The summed E-state index contributed by atoms with van der Waals surface area (Å²) in [6.45, 7) is 1.27. The first-order valence-electron chi connectivity index (χ1n) is 5.77. The molecule has 0 N–H and O–H groups in total. The average molecular weight is 235 g/mol. The Balaban J connectivity index is 2.04. The van der Waals surface area contributed by atoms with Crippen molar-refractivity contribution in [3.05, 3.63) is 12.5 Å². The summed E-state index contributed by atoms with van der Waals surface area (Å²) in [5, 5.41) is 5.06. The second kappa shape index (κ2) is 3.94. The second-order valence-electron chi connectivity index (χ2n) is 4.39. The number of piperidine rings is 1. The lowest BCUT2D eigenvalue weighted by molar-refractivity contribution is 0.286. The summed E-state index contributed by atoms with van der Waals surface area (Å²) in [4.78, 5) is 10.4. The minimum absolute atomic E-state index is 0.418. The van der Waals surface area contributed by atoms with E-state index in [0.717, 1.165) is 29.8 Å². The number of hydrogen-bond donors (Lipinski definition) is 0. The van der Waals surface area contributed by atoms with Crippen LogP contribution >= 0.6 is 0 Å². The Kier molecular flexibility index (Phi) is 2.42. The first-order chi connectivity index (χ1) is 8.25. The van der Waals surface area contributed by atoms with Gasteiger partial charge in [0.25, 0.3) is 0 Å². The van der Waals surface area contributed by atoms with Crippen molar-refractivity contribution < 1.29 is 4.39 Å². The molecule has 0 spiro atoms. The van der Waals surface area contributed by atoms with Crippen LogP contribution in [0, 0.1) is 0 Å². The van der Waals surface area contributed by atoms with Crippen LogP contribution in [0.1, 0.15) is 12.8 Å². The molecular formula is C11H14FN5. The van der Waals surface area contributed by atoms with Crippen molar-refractivity contribution in [1.29, 1.82) is 0 Å². The molecule has 1 saturated heterocycles. The van der Waals surface area contributed by atoms with E-state index in [9.17, 15) is 4.39 Å². The molecule has 1 aliphatic rings. The van der Waals surface area contributed by atoms with E-state index in [-0.39, 0.29) is 0 Å². The molecular weight excluding hydrogens is 221 g/mol. The van der Waals surface area contributed by atoms with Gasteiger partial charge in [-0.3, -0.25) is 4.68 Å². The van der Waals surface area contributed by atoms with Gasteiger partial charge in [0.1, 0.15) is 18.3 Å². The van der Waals surface area contributed by atoms with Crippen molar-refractivity contribution in [2.24, 2.45) is 7.05 Å². The van der Waals surface area contributed by atoms with Crippen LogP contribution in [0.25, 0.3) is 11.0 Å². The number of aryl methyl sites for hydroxylation is 1. The average Bonchev–Trinajstić information content (AvgIpc) is 2.71. The van der Waals surface area contributed by atoms with Crippen molar-refractivity contribution in [3.63, 3.8) is 0 Å². The molecule has 0 aliphatic carbocycles. The Morgan fingerprint density at radius 1 is 1.41 bits per heavy atom. The third-order valence-corrected chi connectivity index (χ3v) is 3.17. The van der Waals surface area contributed by atoms with Gasteiger partial charge in [0.2, 0.25) is 0 Å². The largest absolute Gasteiger partial charge is 0.353 e. The molecule has 1 atom stereocenters. The SMILES string of the molecule is Cn1ncc2c(N3CCCC(F)C3)ncnc21. The first-order valence-corrected chi connectivity index (χ1v) is 5.77. The van der Waals surface area contributed by atoms with E-state index >= 15 is 0 Å². The lowest BCUT2D eigenvalue weighted by Crippen LogP contribution is -2.37. The van der Waals surface area contributed by atoms with Gasteiger partial charge in [-0.2, -0.15) is 5.10 Å². The van der Waals surface area contributed by atoms with Gasteiger partial charge in [0.05, 0.1) is 18.1 Å². The maximum atomic E-state index is 13.4. The predicted octanol–water partition coefficient (Wildman–Crippen LogP) is 1.30. The van der Waals surface area contributed by atoms with Crippen LogP contribution in [-0.2, 0) is 7.05 Å². The molecule has 2 aromatic heterocycles. The zero-order valence-corrected chi connectivity index (χ0v) is 9.67. The Bertz CT molecular complexity index is 538. The van der Waals surface area contributed by atoms with Crippen molar-refractivity contribution in [1.82, 2.24) is 19.7 Å². The highest BCUT2D eigenvalue weighted by molar-refractivity contribution is 5.86. The summed E-state index contributed by atoms with van der Waals surface area (Å²) in [5.41, 5.74) is 0.788. The van der Waals surface area contributed by atoms with Crippen LogP contribution in [0.4, 0.5) is 10.2 Å². The highest BCUT2D eigenvalue weighted by Gasteiger charge is 2.22. The molecule has 0 bridgehead atoms. The van der Waals surface area contributed by atoms with Gasteiger partial charge in [0.15, 0.2) is 5.65 Å². The number of nitrogens with zero attached hydrogens (tertiary/aromatic N) is 5. The van der Waals surface area contributed by atoms with Crippen LogP contribution in [0.2, 0.25) is 0 Å². The summed E-state index contributed by atoms with van der Waals surface area (Å²) in [7, 11) is 1.84. The van der Waals surface area contributed by atoms with Gasteiger partial charge in [-0.25, -0.2) is 14.4 Å². The molecule has 2 aromatic rings. The summed E-state index contributed by atoms with van der Waals surface area (Å²) in [6.07, 6.45) is 4.02. The van der Waals surface area contributed by atoms with E-state index in [4.69, 9.17) is 0 Å². The Morgan fingerprint density at radius 3 is 3.12 bits per heavy atom. The molecule has 0 radical (unpaired) electrons. The van der Waals surface area contributed by atoms with E-state index in [1.165, 1.54) is 6.33 Å². The number of fused-ring (bicyclic) bond motifs is 1. The molecule has 3 heterocycles. The maximum absolute atomic E-state index is 13.4. The molecule has 90 valence electrons. The van der Waals surface area contributed by atoms with Gasteiger partial charge in [0, 0.05) is 13.6 Å². The predicted molar refractivity (Wildman–Crippen MR) is 62.6 cm³/mol. The molecule has 3 rings (SSSR count). The van der Waals surface area contributed by atoms with Gasteiger partial charge in [-0.15, -0.1) is 0 Å². The normalized spacial score (nSPS) is 21.1. The van der Waals surface area contributed by atoms with Crippen LogP contribution in [0.3, 0.4) is 0 Å². The first kappa shape index (κ1) is 10.4. The van der Waals surface area contributed by atoms with Crippen LogP contribution in [0.5, 0.6) is 0 Å². The van der Waals surface area contributed by atoms with E-state index in [0.29, 0.717) is 13.0 Å². The van der Waals surface area contributed by atoms with E-state index in [1.807, 2.05) is 11.9 Å². The van der Waals surface area contributed by atoms with E-state index in [2.05, 4.69) is 15.1 Å². The fraction of sp³-hybridized carbons (Fsp3) is 0.545. The van der Waals surface area contributed by atoms with Crippen molar-refractivity contribution in [3.8, 4) is 0 Å². The Labute approximate surface area is 98.3 Å². The fourth-order valence-corrected chi connectivity index (χ4v) is 2.32. The third kappa shape index (κ3) is 1.73. The third-order valence-electron chi connectivity index (χ3n) is 3.17. The smallest absolute Gasteiger partial charge is 0.163 e. The van der Waals surface area contributed by atoms with Crippen molar-refractivity contribution in [2.45, 2.75) is 19.0 Å². The zero-order valence-electron chi connectivity index (χ0n) is 9.67. The van der Waals surface area contributed by atoms with Crippen LogP contribution in [0.15, 0.2) is 12.5 Å². The Hall–Kier alpha value is -1.72. The molecule has 1 fully saturated rings. The quantitative estimate of drug-likeness (QED) is 0.747. The number of rotatable bonds is 1. The standard InChI is InChI=1S/C11H14FN5/c1-16-10-9(5-15-16)11(14-7-13-10)17-4-2-3-8(12)6-17/h5,7-8H,2-4,6H2,1H3. The number of halogens is 1. The second-order valence-corrected chi connectivity index (χ2v) is 4.39. The summed E-state index contributed by atoms with van der Waals surface area (Å²) < 4.78 is 15.1. The summed E-state index contributed by atoms with van der Waals surface area (Å²) in [5.74, 6) is 0.797. The van der Waals surface area contributed by atoms with Gasteiger partial charge >= 0.3 is 0 Å². The molecule has 1 aliphatic heterocycles. The maximum Gasteiger partial charge on any atom is 0.163 e. The molecule has 17 heavy (non-hydrogen) atoms. The summed E-state index contributed by atoms with van der Waals surface area (Å²) >= 11 is 0. The topological polar surface area (TPSA) is 46.8 Å². The van der Waals surface area contributed by atoms with Crippen molar-refractivity contribution >= 4 is 16.9 Å². The number of anilines is 1. The minimum atomic E-state index is -0.759. The Morgan fingerprint density at radius 2 is 2.29 bits per heavy atom. The number of alkyl halides is 1. The highest BCUT2D eigenvalue weighted by Crippen LogP contribution is 2.25. The number of hydrogen-bond acceptors (Lipinski definition) is 4. The lowest BCUT2D eigenvalue weighted by atomic mass is 10.1. The van der Waals surface area contributed by atoms with Crippen LogP contribution in [-0.4, -0.2) is 39.0 Å². The lowest BCUT2D eigenvalue weighted by Gasteiger charge is -2.30. The van der Waals surface area contributed by atoms with Gasteiger partial charge < -0.3 is 4.90 Å². The van der Waals surface area contributed by atoms with E-state index < -0.39 is 6.17 Å². The van der Waals surface area contributed by atoms with Crippen LogP contribution < -0.4 is 4.90 Å². The summed E-state index contributed by atoms with van der Waals surface area (Å²) in [6, 6.07) is 0. The molecule has 6 heteroatoms. The molecule has 0 amide bonds. The van der Waals surface area contributed by atoms with Crippen molar-refractivity contribution in [2.75, 3.05) is 18.0 Å². The molecule has 1 unspecified atom stereocenters. The minimum Gasteiger partial charge on any atom is -0.353 e. The van der Waals surface area contributed by atoms with Gasteiger partial charge in [-0.1, -0.05) is 0 Å². The number of aromatic nitrogens is 4. The molecule has 5 nitrogen and oxygen atoms in total. The zero-order chi connectivity index (χ0) is 11.8.